The fraction of sp³-hybridized carbons (Fsp3) is 0.400. The molecule has 0 aliphatic carbocycles. The Labute approximate surface area is 157 Å². The molecular formula is C20H22N4O3. The zero-order chi connectivity index (χ0) is 19.0. The summed E-state index contributed by atoms with van der Waals surface area (Å²) < 4.78 is 11.0. The van der Waals surface area contributed by atoms with Crippen molar-refractivity contribution in [2.24, 2.45) is 0 Å². The van der Waals surface area contributed by atoms with Gasteiger partial charge in [-0.1, -0.05) is 12.1 Å². The van der Waals surface area contributed by atoms with E-state index in [1.54, 1.807) is 18.5 Å². The highest BCUT2D eigenvalue weighted by atomic mass is 16.5. The molecule has 1 unspecified atom stereocenters. The molecule has 0 spiro atoms. The minimum atomic E-state index is -0.352. The number of carbonyl (C=O) groups is 1. The number of nitrogens with zero attached hydrogens (tertiary/aromatic N) is 4. The van der Waals surface area contributed by atoms with Gasteiger partial charge in [0.1, 0.15) is 11.5 Å². The summed E-state index contributed by atoms with van der Waals surface area (Å²) in [7, 11) is 0. The Morgan fingerprint density at radius 1 is 1.26 bits per heavy atom. The van der Waals surface area contributed by atoms with Crippen LogP contribution in [-0.4, -0.2) is 39.0 Å². The fourth-order valence-electron chi connectivity index (χ4n) is 3.69. The Morgan fingerprint density at radius 3 is 2.74 bits per heavy atom. The van der Waals surface area contributed by atoms with Crippen LogP contribution in [0.1, 0.15) is 47.5 Å². The smallest absolute Gasteiger partial charge is 0.258 e. The van der Waals surface area contributed by atoms with E-state index >= 15 is 0 Å². The molecule has 0 aromatic carbocycles. The summed E-state index contributed by atoms with van der Waals surface area (Å²) in [4.78, 5) is 23.4. The third-order valence-corrected chi connectivity index (χ3v) is 5.15. The zero-order valence-corrected chi connectivity index (χ0v) is 15.7. The molecule has 1 saturated heterocycles. The lowest BCUT2D eigenvalue weighted by Crippen LogP contribution is -2.47. The summed E-state index contributed by atoms with van der Waals surface area (Å²) in [5, 5.41) is 4.21. The molecule has 1 amide bonds. The van der Waals surface area contributed by atoms with Crippen LogP contribution < -0.4 is 0 Å². The van der Waals surface area contributed by atoms with Crippen molar-refractivity contribution >= 4 is 5.91 Å². The number of aromatic nitrogens is 3. The number of amides is 1. The van der Waals surface area contributed by atoms with Gasteiger partial charge >= 0.3 is 0 Å². The summed E-state index contributed by atoms with van der Waals surface area (Å²) in [6.07, 6.45) is 5.17. The van der Waals surface area contributed by atoms with Gasteiger partial charge in [0.15, 0.2) is 5.82 Å². The van der Waals surface area contributed by atoms with Crippen molar-refractivity contribution in [2.45, 2.75) is 39.0 Å². The Bertz CT molecular complexity index is 963. The van der Waals surface area contributed by atoms with Gasteiger partial charge in [-0.05, 0) is 44.9 Å². The van der Waals surface area contributed by atoms with E-state index in [0.29, 0.717) is 36.1 Å². The predicted molar refractivity (Wildman–Crippen MR) is 98.2 cm³/mol. The molecule has 0 saturated carbocycles. The van der Waals surface area contributed by atoms with Crippen LogP contribution in [0.4, 0.5) is 0 Å². The highest BCUT2D eigenvalue weighted by Crippen LogP contribution is 2.34. The summed E-state index contributed by atoms with van der Waals surface area (Å²) in [6, 6.07) is 5.47. The fourth-order valence-corrected chi connectivity index (χ4v) is 3.69. The summed E-state index contributed by atoms with van der Waals surface area (Å²) in [6.45, 7) is 7.02. The quantitative estimate of drug-likeness (QED) is 0.705. The number of piperidine rings is 1. The number of furan rings is 1. The van der Waals surface area contributed by atoms with E-state index in [-0.39, 0.29) is 11.3 Å². The van der Waals surface area contributed by atoms with Crippen molar-refractivity contribution < 1.29 is 13.7 Å². The molecule has 4 rings (SSSR count). The molecule has 0 bridgehead atoms. The SMILES string of the molecule is Cc1cc(C(=O)N2CCCC(C)(c3noc(-c4ccncc4)n3)C2)c(C)o1. The van der Waals surface area contributed by atoms with Gasteiger partial charge in [0.05, 0.1) is 5.56 Å². The molecule has 27 heavy (non-hydrogen) atoms. The van der Waals surface area contributed by atoms with Gasteiger partial charge in [-0.3, -0.25) is 9.78 Å². The molecule has 1 atom stereocenters. The lowest BCUT2D eigenvalue weighted by Gasteiger charge is -2.38. The van der Waals surface area contributed by atoms with E-state index in [0.717, 1.165) is 24.2 Å². The molecule has 7 nitrogen and oxygen atoms in total. The van der Waals surface area contributed by atoms with E-state index < -0.39 is 0 Å². The first-order valence-corrected chi connectivity index (χ1v) is 9.07. The van der Waals surface area contributed by atoms with Crippen molar-refractivity contribution in [1.82, 2.24) is 20.0 Å². The van der Waals surface area contributed by atoms with Gasteiger partial charge in [0, 0.05) is 36.5 Å². The van der Waals surface area contributed by atoms with Gasteiger partial charge in [0.2, 0.25) is 0 Å². The van der Waals surface area contributed by atoms with Gasteiger partial charge in [-0.15, -0.1) is 0 Å². The Balaban J connectivity index is 1.57. The first-order valence-electron chi connectivity index (χ1n) is 9.07. The molecule has 3 aromatic heterocycles. The van der Waals surface area contributed by atoms with Gasteiger partial charge in [0.25, 0.3) is 11.8 Å². The number of hydrogen-bond donors (Lipinski definition) is 0. The number of likely N-dealkylation sites (tertiary alicyclic amines) is 1. The molecule has 140 valence electrons. The minimum Gasteiger partial charge on any atom is -0.466 e. The largest absolute Gasteiger partial charge is 0.466 e. The Morgan fingerprint density at radius 2 is 2.04 bits per heavy atom. The molecule has 1 aliphatic heterocycles. The number of pyridine rings is 1. The first kappa shape index (κ1) is 17.5. The van der Waals surface area contributed by atoms with E-state index in [2.05, 4.69) is 22.0 Å². The van der Waals surface area contributed by atoms with Crippen molar-refractivity contribution in [3.8, 4) is 11.5 Å². The normalized spacial score (nSPS) is 20.0. The topological polar surface area (TPSA) is 85.3 Å². The molecule has 0 radical (unpaired) electrons. The van der Waals surface area contributed by atoms with Crippen molar-refractivity contribution in [2.75, 3.05) is 13.1 Å². The van der Waals surface area contributed by atoms with Crippen LogP contribution >= 0.6 is 0 Å². The van der Waals surface area contributed by atoms with E-state index in [1.165, 1.54) is 0 Å². The average molecular weight is 366 g/mol. The van der Waals surface area contributed by atoms with Crippen LogP contribution in [0.5, 0.6) is 0 Å². The maximum absolute atomic E-state index is 13.0. The average Bonchev–Trinajstić information content (AvgIpc) is 3.29. The van der Waals surface area contributed by atoms with Crippen LogP contribution in [0.3, 0.4) is 0 Å². The number of hydrogen-bond acceptors (Lipinski definition) is 6. The van der Waals surface area contributed by atoms with Crippen LogP contribution in [-0.2, 0) is 5.41 Å². The lowest BCUT2D eigenvalue weighted by atomic mass is 9.81. The van der Waals surface area contributed by atoms with Crippen LogP contribution in [0.15, 0.2) is 39.5 Å². The minimum absolute atomic E-state index is 0.00636. The molecule has 0 N–H and O–H groups in total. The molecule has 4 heterocycles. The Kier molecular flexibility index (Phi) is 4.30. The second-order valence-electron chi connectivity index (χ2n) is 7.38. The number of rotatable bonds is 3. The molecule has 7 heteroatoms. The highest BCUT2D eigenvalue weighted by Gasteiger charge is 2.39. The molecular weight excluding hydrogens is 344 g/mol. The number of aryl methyl sites for hydroxylation is 2. The van der Waals surface area contributed by atoms with E-state index in [1.807, 2.05) is 30.9 Å². The summed E-state index contributed by atoms with van der Waals surface area (Å²) >= 11 is 0. The van der Waals surface area contributed by atoms with E-state index in [4.69, 9.17) is 8.94 Å². The zero-order valence-electron chi connectivity index (χ0n) is 15.7. The second-order valence-corrected chi connectivity index (χ2v) is 7.38. The second kappa shape index (κ2) is 6.64. The first-order chi connectivity index (χ1) is 13.0. The standard InChI is InChI=1S/C20H22N4O3/c1-13-11-16(14(2)26-13)18(25)24-10-4-7-20(3,12-24)19-22-17(27-23-19)15-5-8-21-9-6-15/h5-6,8-9,11H,4,7,10,12H2,1-3H3. The van der Waals surface area contributed by atoms with Gasteiger partial charge < -0.3 is 13.8 Å². The highest BCUT2D eigenvalue weighted by molar-refractivity contribution is 5.95. The number of carbonyl (C=O) groups excluding carboxylic acids is 1. The molecule has 1 aliphatic rings. The van der Waals surface area contributed by atoms with Crippen molar-refractivity contribution in [1.29, 1.82) is 0 Å². The monoisotopic (exact) mass is 366 g/mol. The van der Waals surface area contributed by atoms with Gasteiger partial charge in [-0.2, -0.15) is 4.98 Å². The summed E-state index contributed by atoms with van der Waals surface area (Å²) in [5.41, 5.74) is 1.11. The van der Waals surface area contributed by atoms with Crippen LogP contribution in [0.2, 0.25) is 0 Å². The Hall–Kier alpha value is -2.96. The van der Waals surface area contributed by atoms with Gasteiger partial charge in [-0.25, -0.2) is 0 Å². The van der Waals surface area contributed by atoms with E-state index in [9.17, 15) is 4.79 Å². The van der Waals surface area contributed by atoms with Crippen molar-refractivity contribution in [3.05, 3.63) is 53.5 Å². The maximum Gasteiger partial charge on any atom is 0.258 e. The van der Waals surface area contributed by atoms with Crippen LogP contribution in [0, 0.1) is 13.8 Å². The predicted octanol–water partition coefficient (Wildman–Crippen LogP) is 3.54. The third-order valence-electron chi connectivity index (χ3n) is 5.15. The maximum atomic E-state index is 13.0. The van der Waals surface area contributed by atoms with Crippen molar-refractivity contribution in [3.63, 3.8) is 0 Å². The van der Waals surface area contributed by atoms with Crippen LogP contribution in [0.25, 0.3) is 11.5 Å². The molecule has 1 fully saturated rings. The summed E-state index contributed by atoms with van der Waals surface area (Å²) in [5.74, 6) is 2.50. The molecule has 3 aromatic rings. The third kappa shape index (κ3) is 3.25. The lowest BCUT2D eigenvalue weighted by molar-refractivity contribution is 0.0640.